The number of oxazole rings is 1. The van der Waals surface area contributed by atoms with Gasteiger partial charge in [-0.05, 0) is 6.92 Å². The summed E-state index contributed by atoms with van der Waals surface area (Å²) in [7, 11) is 0. The number of benzene rings is 1. The Morgan fingerprint density at radius 1 is 1.19 bits per heavy atom. The number of aromatic amines is 1. The maximum Gasteiger partial charge on any atom is 0.211 e. The quantitative estimate of drug-likeness (QED) is 0.740. The fourth-order valence-electron chi connectivity index (χ4n) is 3.25. The van der Waals surface area contributed by atoms with Gasteiger partial charge in [-0.1, -0.05) is 44.2 Å². The van der Waals surface area contributed by atoms with Crippen LogP contribution in [0.4, 0.5) is 0 Å². The normalized spacial score (nSPS) is 19.5. The third-order valence-electron chi connectivity index (χ3n) is 4.93. The van der Waals surface area contributed by atoms with Crippen LogP contribution in [0.25, 0.3) is 11.3 Å². The number of nitrogens with one attached hydrogen (secondary N) is 1. The fraction of sp³-hybridized carbons (Fsp3) is 0.450. The predicted molar refractivity (Wildman–Crippen MR) is 101 cm³/mol. The second-order valence-corrected chi connectivity index (χ2v) is 7.19. The van der Waals surface area contributed by atoms with Crippen molar-refractivity contribution < 1.29 is 9.15 Å². The second kappa shape index (κ2) is 7.62. The van der Waals surface area contributed by atoms with E-state index in [1.54, 1.807) is 6.20 Å². The monoisotopic (exact) mass is 367 g/mol. The molecule has 27 heavy (non-hydrogen) atoms. The number of aromatic nitrogens is 4. The summed E-state index contributed by atoms with van der Waals surface area (Å²) < 4.78 is 12.0. The van der Waals surface area contributed by atoms with Gasteiger partial charge in [-0.2, -0.15) is 5.10 Å². The highest BCUT2D eigenvalue weighted by molar-refractivity contribution is 5.55. The zero-order valence-electron chi connectivity index (χ0n) is 15.9. The standard InChI is InChI=1S/C20H25N5O2/c1-13(2)18-22-19(24-23-18)17-12-25(9-10-26-17)14(3)20-21-11-16(27-20)15-7-5-4-6-8-15/h4-8,11,13-14,17H,9-10,12H2,1-3H3,(H,22,23,24). The van der Waals surface area contributed by atoms with E-state index in [0.717, 1.165) is 42.0 Å². The molecule has 0 radical (unpaired) electrons. The molecule has 7 heteroatoms. The third kappa shape index (κ3) is 3.79. The summed E-state index contributed by atoms with van der Waals surface area (Å²) in [5, 5.41) is 7.32. The van der Waals surface area contributed by atoms with Crippen LogP contribution in [0.5, 0.6) is 0 Å². The van der Waals surface area contributed by atoms with Gasteiger partial charge in [-0.3, -0.25) is 10.00 Å². The van der Waals surface area contributed by atoms with Gasteiger partial charge in [-0.25, -0.2) is 9.97 Å². The number of H-pyrrole nitrogens is 1. The molecule has 1 N–H and O–H groups in total. The van der Waals surface area contributed by atoms with E-state index in [9.17, 15) is 0 Å². The van der Waals surface area contributed by atoms with E-state index in [-0.39, 0.29) is 18.1 Å². The van der Waals surface area contributed by atoms with Crippen LogP contribution in [-0.4, -0.2) is 44.8 Å². The van der Waals surface area contributed by atoms with Crippen LogP contribution in [0.1, 0.15) is 56.4 Å². The third-order valence-corrected chi connectivity index (χ3v) is 4.93. The number of hydrogen-bond acceptors (Lipinski definition) is 6. The van der Waals surface area contributed by atoms with Crippen LogP contribution in [0.3, 0.4) is 0 Å². The maximum atomic E-state index is 6.03. The Balaban J connectivity index is 1.47. The molecule has 0 aliphatic carbocycles. The van der Waals surface area contributed by atoms with Crippen molar-refractivity contribution in [1.82, 2.24) is 25.1 Å². The van der Waals surface area contributed by atoms with Gasteiger partial charge in [0.05, 0.1) is 18.8 Å². The molecule has 2 unspecified atom stereocenters. The summed E-state index contributed by atoms with van der Waals surface area (Å²) in [6, 6.07) is 10.1. The van der Waals surface area contributed by atoms with Crippen molar-refractivity contribution in [1.29, 1.82) is 0 Å². The number of morpholine rings is 1. The first kappa shape index (κ1) is 17.9. The average Bonchev–Trinajstić information content (AvgIpc) is 3.38. The molecule has 0 bridgehead atoms. The van der Waals surface area contributed by atoms with Crippen molar-refractivity contribution in [2.45, 2.75) is 38.8 Å². The Labute approximate surface area is 158 Å². The molecule has 2 atom stereocenters. The lowest BCUT2D eigenvalue weighted by molar-refractivity contribution is -0.0500. The molecule has 0 spiro atoms. The van der Waals surface area contributed by atoms with E-state index in [0.29, 0.717) is 6.61 Å². The fourth-order valence-corrected chi connectivity index (χ4v) is 3.25. The van der Waals surface area contributed by atoms with Crippen LogP contribution in [-0.2, 0) is 4.74 Å². The van der Waals surface area contributed by atoms with E-state index in [1.807, 2.05) is 30.3 Å². The first-order valence-electron chi connectivity index (χ1n) is 9.41. The number of ether oxygens (including phenoxy) is 1. The van der Waals surface area contributed by atoms with Crippen molar-refractivity contribution >= 4 is 0 Å². The number of nitrogens with zero attached hydrogens (tertiary/aromatic N) is 4. The van der Waals surface area contributed by atoms with Gasteiger partial charge in [0, 0.05) is 24.6 Å². The highest BCUT2D eigenvalue weighted by Gasteiger charge is 2.30. The maximum absolute atomic E-state index is 6.03. The molecule has 7 nitrogen and oxygen atoms in total. The van der Waals surface area contributed by atoms with Crippen LogP contribution in [0.15, 0.2) is 40.9 Å². The lowest BCUT2D eigenvalue weighted by Crippen LogP contribution is -2.40. The van der Waals surface area contributed by atoms with Gasteiger partial charge in [0.25, 0.3) is 0 Å². The van der Waals surface area contributed by atoms with Crippen molar-refractivity contribution in [2.24, 2.45) is 0 Å². The van der Waals surface area contributed by atoms with Crippen molar-refractivity contribution in [2.75, 3.05) is 19.7 Å². The van der Waals surface area contributed by atoms with Crippen molar-refractivity contribution in [3.05, 3.63) is 54.1 Å². The molecule has 3 heterocycles. The topological polar surface area (TPSA) is 80.1 Å². The minimum absolute atomic E-state index is 0.0568. The van der Waals surface area contributed by atoms with Crippen LogP contribution < -0.4 is 0 Å². The van der Waals surface area contributed by atoms with Crippen molar-refractivity contribution in [3.63, 3.8) is 0 Å². The molecule has 0 amide bonds. The van der Waals surface area contributed by atoms with Gasteiger partial charge in [0.1, 0.15) is 6.10 Å². The molecule has 1 fully saturated rings. The van der Waals surface area contributed by atoms with Crippen LogP contribution >= 0.6 is 0 Å². The molecule has 4 rings (SSSR count). The molecule has 0 saturated carbocycles. The van der Waals surface area contributed by atoms with Crippen LogP contribution in [0, 0.1) is 0 Å². The van der Waals surface area contributed by atoms with Crippen LogP contribution in [0.2, 0.25) is 0 Å². The van der Waals surface area contributed by atoms with E-state index in [2.05, 4.69) is 45.8 Å². The second-order valence-electron chi connectivity index (χ2n) is 7.19. The zero-order chi connectivity index (χ0) is 18.8. The Morgan fingerprint density at radius 3 is 2.74 bits per heavy atom. The Kier molecular flexibility index (Phi) is 5.05. The van der Waals surface area contributed by atoms with E-state index >= 15 is 0 Å². The Hall–Kier alpha value is -2.51. The van der Waals surface area contributed by atoms with E-state index in [1.165, 1.54) is 0 Å². The summed E-state index contributed by atoms with van der Waals surface area (Å²) in [4.78, 5) is 11.4. The van der Waals surface area contributed by atoms with Gasteiger partial charge < -0.3 is 9.15 Å². The average molecular weight is 367 g/mol. The minimum Gasteiger partial charge on any atom is -0.439 e. The molecule has 142 valence electrons. The molecular weight excluding hydrogens is 342 g/mol. The zero-order valence-corrected chi connectivity index (χ0v) is 15.9. The van der Waals surface area contributed by atoms with Gasteiger partial charge in [0.2, 0.25) is 5.89 Å². The molecule has 1 aromatic carbocycles. The lowest BCUT2D eigenvalue weighted by atomic mass is 10.2. The molecule has 3 aromatic rings. The largest absolute Gasteiger partial charge is 0.439 e. The molecule has 1 saturated heterocycles. The van der Waals surface area contributed by atoms with Gasteiger partial charge in [0.15, 0.2) is 17.4 Å². The summed E-state index contributed by atoms with van der Waals surface area (Å²) >= 11 is 0. The van der Waals surface area contributed by atoms with Crippen molar-refractivity contribution in [3.8, 4) is 11.3 Å². The smallest absolute Gasteiger partial charge is 0.211 e. The van der Waals surface area contributed by atoms with E-state index in [4.69, 9.17) is 9.15 Å². The lowest BCUT2D eigenvalue weighted by Gasteiger charge is -2.34. The Morgan fingerprint density at radius 2 is 2.00 bits per heavy atom. The molecule has 2 aromatic heterocycles. The van der Waals surface area contributed by atoms with E-state index < -0.39 is 0 Å². The first-order chi connectivity index (χ1) is 13.1. The summed E-state index contributed by atoms with van der Waals surface area (Å²) in [5.74, 6) is 3.40. The predicted octanol–water partition coefficient (Wildman–Crippen LogP) is 3.72. The summed E-state index contributed by atoms with van der Waals surface area (Å²) in [6.07, 6.45) is 1.68. The molecular formula is C20H25N5O2. The minimum atomic E-state index is -0.121. The highest BCUT2D eigenvalue weighted by Crippen LogP contribution is 2.29. The molecule has 1 aliphatic heterocycles. The van der Waals surface area contributed by atoms with Gasteiger partial charge >= 0.3 is 0 Å². The molecule has 1 aliphatic rings. The Bertz CT molecular complexity index is 873. The summed E-state index contributed by atoms with van der Waals surface area (Å²) in [6.45, 7) is 8.46. The summed E-state index contributed by atoms with van der Waals surface area (Å²) in [5.41, 5.74) is 1.03. The number of hydrogen-bond donors (Lipinski definition) is 1. The first-order valence-corrected chi connectivity index (χ1v) is 9.41. The number of rotatable bonds is 5. The van der Waals surface area contributed by atoms with Gasteiger partial charge in [-0.15, -0.1) is 0 Å². The highest BCUT2D eigenvalue weighted by atomic mass is 16.5. The SMILES string of the molecule is CC(C)c1n[nH]c(C2CN(C(C)c3ncc(-c4ccccc4)o3)CCO2)n1.